The summed E-state index contributed by atoms with van der Waals surface area (Å²) in [6.07, 6.45) is 4.59. The van der Waals surface area contributed by atoms with Gasteiger partial charge >= 0.3 is 0 Å². The third kappa shape index (κ3) is 6.55. The number of carbonyl (C=O) groups is 1. The summed E-state index contributed by atoms with van der Waals surface area (Å²) >= 11 is 0. The Morgan fingerprint density at radius 2 is 1.63 bits per heavy atom. The molecule has 1 fully saturated rings. The van der Waals surface area contributed by atoms with E-state index < -0.39 is 0 Å². The lowest BCUT2D eigenvalue weighted by Crippen LogP contribution is -2.28. The Hall–Kier alpha value is -4.68. The number of nitrogens with one attached hydrogen (secondary N) is 2. The summed E-state index contributed by atoms with van der Waals surface area (Å²) in [6, 6.07) is 33.6. The van der Waals surface area contributed by atoms with Crippen LogP contribution >= 0.6 is 0 Å². The van der Waals surface area contributed by atoms with Crippen LogP contribution in [0.15, 0.2) is 108 Å². The van der Waals surface area contributed by atoms with Crippen LogP contribution in [0.4, 0.5) is 5.69 Å². The monoisotopic (exact) mass is 570 g/mol. The zero-order valence-corrected chi connectivity index (χ0v) is 24.6. The molecule has 1 atom stereocenters. The van der Waals surface area contributed by atoms with Crippen molar-refractivity contribution in [2.45, 2.75) is 45.2 Å². The van der Waals surface area contributed by atoms with Crippen molar-refractivity contribution in [3.05, 3.63) is 131 Å². The van der Waals surface area contributed by atoms with E-state index in [1.807, 2.05) is 78.9 Å². The lowest BCUT2D eigenvalue weighted by molar-refractivity contribution is 0.0935. The molecule has 0 saturated carbocycles. The van der Waals surface area contributed by atoms with Crippen LogP contribution in [0.3, 0.4) is 0 Å². The molecule has 3 N–H and O–H groups in total. The molecule has 0 aliphatic carbocycles. The number of fused-ring (bicyclic) bond motifs is 1. The highest BCUT2D eigenvalue weighted by atomic mass is 16.3. The average molecular weight is 571 g/mol. The Morgan fingerprint density at radius 1 is 0.884 bits per heavy atom. The number of H-pyrrole nitrogens is 1. The zero-order chi connectivity index (χ0) is 29.6. The molecule has 1 aliphatic rings. The molecular formula is C37H38N4O2. The molecule has 4 aromatic carbocycles. The number of aromatic hydroxyl groups is 1. The van der Waals surface area contributed by atoms with Crippen LogP contribution in [0, 0.1) is 0 Å². The van der Waals surface area contributed by atoms with E-state index >= 15 is 0 Å². The molecule has 0 unspecified atom stereocenters. The van der Waals surface area contributed by atoms with Gasteiger partial charge in [0.1, 0.15) is 0 Å². The summed E-state index contributed by atoms with van der Waals surface area (Å²) in [5.41, 5.74) is 6.48. The molecule has 1 amide bonds. The van der Waals surface area contributed by atoms with Crippen LogP contribution in [-0.2, 0) is 6.54 Å². The van der Waals surface area contributed by atoms with Gasteiger partial charge in [0.05, 0.1) is 23.0 Å². The van der Waals surface area contributed by atoms with E-state index in [1.54, 1.807) is 6.07 Å². The van der Waals surface area contributed by atoms with Crippen LogP contribution in [-0.4, -0.2) is 39.7 Å². The van der Waals surface area contributed by atoms with Gasteiger partial charge in [0.15, 0.2) is 5.88 Å². The predicted molar refractivity (Wildman–Crippen MR) is 174 cm³/mol. The van der Waals surface area contributed by atoms with Crippen molar-refractivity contribution in [1.29, 1.82) is 0 Å². The first kappa shape index (κ1) is 28.4. The smallest absolute Gasteiger partial charge is 0.251 e. The number of amides is 1. The van der Waals surface area contributed by atoms with E-state index in [2.05, 4.69) is 40.3 Å². The van der Waals surface area contributed by atoms with Gasteiger partial charge in [0.2, 0.25) is 0 Å². The molecule has 1 aliphatic heterocycles. The van der Waals surface area contributed by atoms with Crippen molar-refractivity contribution in [1.82, 2.24) is 15.2 Å². The number of likely N-dealkylation sites (tertiary alicyclic amines) is 1. The number of aromatic amines is 1. The number of hydrogen-bond donors (Lipinski definition) is 3. The maximum Gasteiger partial charge on any atom is 0.251 e. The van der Waals surface area contributed by atoms with Gasteiger partial charge in [0, 0.05) is 28.6 Å². The van der Waals surface area contributed by atoms with Crippen LogP contribution in [0.2, 0.25) is 0 Å². The van der Waals surface area contributed by atoms with Crippen LogP contribution in [0.5, 0.6) is 5.88 Å². The number of nitrogens with zero attached hydrogens (tertiary/aromatic N) is 2. The second-order valence-corrected chi connectivity index (χ2v) is 11.3. The Balaban J connectivity index is 1.37. The molecular weight excluding hydrogens is 532 g/mol. The molecule has 6 rings (SSSR count). The molecule has 0 bridgehead atoms. The highest BCUT2D eigenvalue weighted by Gasteiger charge is 2.21. The standard InChI is InChI=1S/C37H38N4O2/c1-2-32(27-14-6-3-7-15-27)39-36(42)29-19-20-33-31(24-29)34(37(43)40-33)35(28-16-8-4-9-17-28)38-30-18-12-13-26(23-30)25-41-21-10-5-11-22-41/h3-4,6-9,12-20,23-24,32,40,43H,2,5,10-11,21-22,25H2,1H3,(H,39,42)/t32-/m1/s1. The third-order valence-corrected chi connectivity index (χ3v) is 8.25. The van der Waals surface area contributed by atoms with Crippen molar-refractivity contribution in [3.63, 3.8) is 0 Å². The molecule has 0 spiro atoms. The second-order valence-electron chi connectivity index (χ2n) is 11.3. The lowest BCUT2D eigenvalue weighted by atomic mass is 9.99. The largest absolute Gasteiger partial charge is 0.494 e. The van der Waals surface area contributed by atoms with E-state index in [0.717, 1.165) is 53.8 Å². The summed E-state index contributed by atoms with van der Waals surface area (Å²) in [5.74, 6) is -0.136. The highest BCUT2D eigenvalue weighted by molar-refractivity contribution is 6.22. The minimum atomic E-state index is -0.159. The molecule has 5 aromatic rings. The summed E-state index contributed by atoms with van der Waals surface area (Å²) in [5, 5.41) is 15.2. The van der Waals surface area contributed by atoms with E-state index in [9.17, 15) is 9.90 Å². The van der Waals surface area contributed by atoms with Crippen LogP contribution < -0.4 is 5.32 Å². The fraction of sp³-hybridized carbons (Fsp3) is 0.243. The number of aliphatic imine (C=N–C) groups is 1. The Labute approximate surface area is 253 Å². The summed E-state index contributed by atoms with van der Waals surface area (Å²) in [6.45, 7) is 5.23. The number of rotatable bonds is 9. The maximum absolute atomic E-state index is 13.5. The number of hydrogen-bond acceptors (Lipinski definition) is 4. The minimum Gasteiger partial charge on any atom is -0.494 e. The number of aromatic nitrogens is 1. The minimum absolute atomic E-state index is 0.0235. The van der Waals surface area contributed by atoms with E-state index in [-0.39, 0.29) is 17.8 Å². The summed E-state index contributed by atoms with van der Waals surface area (Å²) in [4.78, 5) is 24.2. The molecule has 43 heavy (non-hydrogen) atoms. The first-order valence-corrected chi connectivity index (χ1v) is 15.3. The SMILES string of the molecule is CC[C@@H](NC(=O)c1ccc2[nH]c(O)c(C(=Nc3cccc(CN4CCCCC4)c3)c3ccccc3)c2c1)c1ccccc1. The van der Waals surface area contributed by atoms with Gasteiger partial charge in [-0.3, -0.25) is 9.69 Å². The van der Waals surface area contributed by atoms with Gasteiger partial charge in [-0.05, 0) is 73.8 Å². The topological polar surface area (TPSA) is 80.7 Å². The molecule has 6 nitrogen and oxygen atoms in total. The molecule has 6 heteroatoms. The number of piperidine rings is 1. The Morgan fingerprint density at radius 3 is 2.37 bits per heavy atom. The van der Waals surface area contributed by atoms with Crippen molar-refractivity contribution < 1.29 is 9.90 Å². The zero-order valence-electron chi connectivity index (χ0n) is 24.6. The van der Waals surface area contributed by atoms with E-state index in [4.69, 9.17) is 4.99 Å². The number of benzene rings is 4. The quantitative estimate of drug-likeness (QED) is 0.158. The van der Waals surface area contributed by atoms with Crippen molar-refractivity contribution in [3.8, 4) is 5.88 Å². The fourth-order valence-corrected chi connectivity index (χ4v) is 6.00. The molecule has 1 saturated heterocycles. The van der Waals surface area contributed by atoms with Crippen molar-refractivity contribution in [2.24, 2.45) is 4.99 Å². The van der Waals surface area contributed by atoms with E-state index in [1.165, 1.54) is 24.8 Å². The van der Waals surface area contributed by atoms with Crippen molar-refractivity contribution in [2.75, 3.05) is 13.1 Å². The molecule has 0 radical (unpaired) electrons. The highest BCUT2D eigenvalue weighted by Crippen LogP contribution is 2.33. The molecule has 1 aromatic heterocycles. The van der Waals surface area contributed by atoms with Gasteiger partial charge in [-0.2, -0.15) is 0 Å². The summed E-state index contributed by atoms with van der Waals surface area (Å²) < 4.78 is 0. The molecule has 2 heterocycles. The van der Waals surface area contributed by atoms with Crippen molar-refractivity contribution >= 4 is 28.2 Å². The Kier molecular flexibility index (Phi) is 8.66. The van der Waals surface area contributed by atoms with Gasteiger partial charge in [-0.15, -0.1) is 0 Å². The van der Waals surface area contributed by atoms with Crippen LogP contribution in [0.1, 0.15) is 71.3 Å². The van der Waals surface area contributed by atoms with Gasteiger partial charge in [-0.1, -0.05) is 86.1 Å². The number of carbonyl (C=O) groups excluding carboxylic acids is 1. The van der Waals surface area contributed by atoms with Crippen LogP contribution in [0.25, 0.3) is 10.9 Å². The first-order chi connectivity index (χ1) is 21.1. The van der Waals surface area contributed by atoms with E-state index in [0.29, 0.717) is 16.8 Å². The second kappa shape index (κ2) is 13.1. The normalized spacial score (nSPS) is 15.0. The van der Waals surface area contributed by atoms with Gasteiger partial charge < -0.3 is 15.4 Å². The fourth-order valence-electron chi connectivity index (χ4n) is 6.00. The van der Waals surface area contributed by atoms with Gasteiger partial charge in [0.25, 0.3) is 5.91 Å². The molecule has 218 valence electrons. The predicted octanol–water partition coefficient (Wildman–Crippen LogP) is 7.91. The maximum atomic E-state index is 13.5. The third-order valence-electron chi connectivity index (χ3n) is 8.25. The first-order valence-electron chi connectivity index (χ1n) is 15.3. The van der Waals surface area contributed by atoms with Gasteiger partial charge in [-0.25, -0.2) is 4.99 Å². The average Bonchev–Trinajstić information content (AvgIpc) is 3.38. The summed E-state index contributed by atoms with van der Waals surface area (Å²) in [7, 11) is 0. The Bertz CT molecular complexity index is 1720. The lowest BCUT2D eigenvalue weighted by Gasteiger charge is -2.26.